The summed E-state index contributed by atoms with van der Waals surface area (Å²) in [6.07, 6.45) is 3.01. The second-order valence-electron chi connectivity index (χ2n) is 15.5. The van der Waals surface area contributed by atoms with Gasteiger partial charge >= 0.3 is 5.97 Å². The Balaban J connectivity index is 0.000000234. The highest BCUT2D eigenvalue weighted by Gasteiger charge is 2.25. The van der Waals surface area contributed by atoms with Gasteiger partial charge in [-0.25, -0.2) is 13.6 Å². The maximum atomic E-state index is 14.5. The lowest BCUT2D eigenvalue weighted by molar-refractivity contribution is 0.0693. The summed E-state index contributed by atoms with van der Waals surface area (Å²) in [5.74, 6) is -1.94. The van der Waals surface area contributed by atoms with Crippen LogP contribution in [0.25, 0.3) is 21.8 Å². The van der Waals surface area contributed by atoms with Gasteiger partial charge in [0.05, 0.1) is 66.2 Å². The number of fused-ring (bicyclic) bond motifs is 2. The average molecular weight is 894 g/mol. The standard InChI is InChI=1S/C24H25ClFNO4.C23H23ClFNO5/c1-13(2)21(12-28)27-11-18(14(3)29)24(30)17-9-16(22(31-4)10-20(17)27)8-15-6-5-7-19(25)23(15)26;1-12(2)19(11-27)26-10-16(23(29)30)22(28)15-8-14(20(31-3)9-18(15)26)7-13-5-4-6-17(24)21(13)25/h5-7,9-11,13,21,28H,8,12H2,1-4H3;4-6,8-10,12,19,27H,7,11H2,1-3H3,(H,29,30)/t21-;19-/m11/s1. The van der Waals surface area contributed by atoms with Crippen LogP contribution in [0.4, 0.5) is 8.78 Å². The fraction of sp³-hybridized carbons (Fsp3) is 0.319. The van der Waals surface area contributed by atoms with E-state index in [2.05, 4.69) is 0 Å². The number of carboxylic acid groups (broad SMARTS) is 1. The van der Waals surface area contributed by atoms with Crippen molar-refractivity contribution in [3.05, 3.63) is 149 Å². The molecule has 0 spiro atoms. The number of ether oxygens (including phenoxy) is 2. The van der Waals surface area contributed by atoms with Gasteiger partial charge in [0.25, 0.3) is 0 Å². The number of aliphatic hydroxyl groups is 2. The van der Waals surface area contributed by atoms with Gasteiger partial charge < -0.3 is 33.9 Å². The number of ketones is 1. The number of aromatic nitrogens is 2. The number of hydrogen-bond acceptors (Lipinski definition) is 8. The van der Waals surface area contributed by atoms with Crippen LogP contribution in [0.2, 0.25) is 10.0 Å². The Bertz CT molecular complexity index is 2600. The minimum atomic E-state index is -1.36. The predicted molar refractivity (Wildman–Crippen MR) is 237 cm³/mol. The smallest absolute Gasteiger partial charge is 0.341 e. The quantitative estimate of drug-likeness (QED) is 0.0908. The Labute approximate surface area is 366 Å². The number of Topliss-reactive ketones (excluding diaryl/α,β-unsaturated/α-hetero) is 1. The Kier molecular flexibility index (Phi) is 15.4. The van der Waals surface area contributed by atoms with Gasteiger partial charge in [0.1, 0.15) is 28.7 Å². The van der Waals surface area contributed by atoms with Crippen LogP contribution in [0, 0.1) is 23.5 Å². The zero-order chi connectivity index (χ0) is 45.7. The molecule has 0 bridgehead atoms. The maximum absolute atomic E-state index is 14.5. The molecule has 0 aliphatic rings. The lowest BCUT2D eigenvalue weighted by Gasteiger charge is -2.25. The molecule has 2 aromatic heterocycles. The molecule has 0 aliphatic heterocycles. The number of hydrogen-bond donors (Lipinski definition) is 3. The summed E-state index contributed by atoms with van der Waals surface area (Å²) in [7, 11) is 2.95. The molecular weight excluding hydrogens is 845 g/mol. The fourth-order valence-electron chi connectivity index (χ4n) is 7.47. The van der Waals surface area contributed by atoms with Crippen LogP contribution in [0.5, 0.6) is 11.5 Å². The summed E-state index contributed by atoms with van der Waals surface area (Å²) in [5, 5.41) is 29.9. The minimum Gasteiger partial charge on any atom is -0.496 e. The molecule has 2 atom stereocenters. The van der Waals surface area contributed by atoms with Gasteiger partial charge in [-0.15, -0.1) is 0 Å². The summed E-state index contributed by atoms with van der Waals surface area (Å²) in [5.41, 5.74) is 1.31. The van der Waals surface area contributed by atoms with Crippen molar-refractivity contribution in [2.45, 2.75) is 59.5 Å². The third kappa shape index (κ3) is 9.71. The number of methoxy groups -OCH3 is 2. The first-order valence-corrected chi connectivity index (χ1v) is 20.5. The lowest BCUT2D eigenvalue weighted by Crippen LogP contribution is -2.25. The number of benzene rings is 4. The molecule has 62 heavy (non-hydrogen) atoms. The normalized spacial score (nSPS) is 12.4. The molecule has 6 aromatic rings. The van der Waals surface area contributed by atoms with Crippen LogP contribution < -0.4 is 20.3 Å². The fourth-order valence-corrected chi connectivity index (χ4v) is 7.86. The molecular formula is C47H48Cl2F2N2O9. The van der Waals surface area contributed by atoms with E-state index in [1.807, 2.05) is 27.7 Å². The first-order chi connectivity index (χ1) is 29.4. The van der Waals surface area contributed by atoms with Gasteiger partial charge in [0.2, 0.25) is 5.43 Å². The summed E-state index contributed by atoms with van der Waals surface area (Å²) >= 11 is 11.8. The SMILES string of the molecule is COc1cc2c(cc1Cc1cccc(Cl)c1F)c(=O)c(C(=O)O)cn2[C@H](CO)C(C)C.COc1cc2c(cc1Cc1cccc(Cl)c1F)c(=O)c(C(C)=O)cn2[C@H](CO)C(C)C. The van der Waals surface area contributed by atoms with Crippen LogP contribution in [0.3, 0.4) is 0 Å². The number of carbonyl (C=O) groups excluding carboxylic acids is 1. The topological polar surface area (TPSA) is 157 Å². The molecule has 0 amide bonds. The highest BCUT2D eigenvalue weighted by molar-refractivity contribution is 6.31. The van der Waals surface area contributed by atoms with Gasteiger partial charge in [0.15, 0.2) is 11.2 Å². The minimum absolute atomic E-state index is 0.0150. The van der Waals surface area contributed by atoms with Crippen molar-refractivity contribution >= 4 is 56.8 Å². The van der Waals surface area contributed by atoms with Crippen LogP contribution in [0.15, 0.2) is 82.6 Å². The van der Waals surface area contributed by atoms with Gasteiger partial charge in [-0.3, -0.25) is 14.4 Å². The number of aromatic carboxylic acids is 1. The van der Waals surface area contributed by atoms with Crippen molar-refractivity contribution in [1.29, 1.82) is 0 Å². The largest absolute Gasteiger partial charge is 0.496 e. The highest BCUT2D eigenvalue weighted by atomic mass is 35.5. The number of rotatable bonds is 14. The van der Waals surface area contributed by atoms with Gasteiger partial charge in [0, 0.05) is 48.1 Å². The molecule has 0 radical (unpaired) electrons. The van der Waals surface area contributed by atoms with E-state index in [1.54, 1.807) is 51.6 Å². The van der Waals surface area contributed by atoms with Crippen LogP contribution in [-0.4, -0.2) is 63.6 Å². The number of halogens is 4. The van der Waals surface area contributed by atoms with E-state index in [1.165, 1.54) is 51.7 Å². The second-order valence-corrected chi connectivity index (χ2v) is 16.4. The molecule has 328 valence electrons. The molecule has 0 fully saturated rings. The number of carboxylic acids is 1. The van der Waals surface area contributed by atoms with E-state index < -0.39 is 40.1 Å². The summed E-state index contributed by atoms with van der Waals surface area (Å²) < 4.78 is 43.3. The van der Waals surface area contributed by atoms with Crippen molar-refractivity contribution in [3.63, 3.8) is 0 Å². The Morgan fingerprint density at radius 3 is 1.39 bits per heavy atom. The Morgan fingerprint density at radius 2 is 1.05 bits per heavy atom. The monoisotopic (exact) mass is 892 g/mol. The molecule has 0 aliphatic carbocycles. The molecule has 0 saturated carbocycles. The van der Waals surface area contributed by atoms with Crippen molar-refractivity contribution in [1.82, 2.24) is 9.13 Å². The van der Waals surface area contributed by atoms with Crippen molar-refractivity contribution < 1.29 is 43.2 Å². The van der Waals surface area contributed by atoms with Gasteiger partial charge in [-0.05, 0) is 65.3 Å². The first kappa shape index (κ1) is 47.4. The highest BCUT2D eigenvalue weighted by Crippen LogP contribution is 2.33. The molecule has 11 nitrogen and oxygen atoms in total. The number of pyridine rings is 2. The summed E-state index contributed by atoms with van der Waals surface area (Å²) in [6, 6.07) is 15.1. The van der Waals surface area contributed by atoms with E-state index in [4.69, 9.17) is 32.7 Å². The Morgan fingerprint density at radius 1 is 0.661 bits per heavy atom. The van der Waals surface area contributed by atoms with Crippen LogP contribution in [0.1, 0.15) is 89.7 Å². The molecule has 2 heterocycles. The van der Waals surface area contributed by atoms with Gasteiger partial charge in [-0.2, -0.15) is 0 Å². The van der Waals surface area contributed by atoms with E-state index in [0.717, 1.165) is 0 Å². The average Bonchev–Trinajstić information content (AvgIpc) is 3.22. The predicted octanol–water partition coefficient (Wildman–Crippen LogP) is 9.07. The van der Waals surface area contributed by atoms with Crippen LogP contribution >= 0.6 is 23.2 Å². The Hall–Kier alpha value is -5.60. The zero-order valence-electron chi connectivity index (χ0n) is 35.3. The maximum Gasteiger partial charge on any atom is 0.341 e. The number of nitrogens with zero attached hydrogens (tertiary/aromatic N) is 2. The first-order valence-electron chi connectivity index (χ1n) is 19.7. The van der Waals surface area contributed by atoms with E-state index in [-0.39, 0.29) is 70.7 Å². The zero-order valence-corrected chi connectivity index (χ0v) is 36.8. The third-order valence-electron chi connectivity index (χ3n) is 10.9. The van der Waals surface area contributed by atoms with Gasteiger partial charge in [-0.1, -0.05) is 75.2 Å². The van der Waals surface area contributed by atoms with E-state index >= 15 is 0 Å². The molecule has 15 heteroatoms. The number of aliphatic hydroxyl groups excluding tert-OH is 2. The van der Waals surface area contributed by atoms with Crippen LogP contribution in [-0.2, 0) is 12.8 Å². The van der Waals surface area contributed by atoms with E-state index in [0.29, 0.717) is 50.2 Å². The lowest BCUT2D eigenvalue weighted by atomic mass is 9.98. The second kappa shape index (κ2) is 20.1. The van der Waals surface area contributed by atoms with Crippen molar-refractivity contribution in [2.75, 3.05) is 27.4 Å². The van der Waals surface area contributed by atoms with E-state index in [9.17, 15) is 43.3 Å². The number of carbonyl (C=O) groups is 2. The third-order valence-corrected chi connectivity index (χ3v) is 11.5. The molecule has 0 saturated heterocycles. The summed E-state index contributed by atoms with van der Waals surface area (Å²) in [6.45, 7) is 8.61. The van der Waals surface area contributed by atoms with Crippen molar-refractivity contribution in [3.8, 4) is 11.5 Å². The molecule has 4 aromatic carbocycles. The molecule has 6 rings (SSSR count). The summed E-state index contributed by atoms with van der Waals surface area (Å²) in [4.78, 5) is 49.9. The molecule has 3 N–H and O–H groups in total. The molecule has 0 unspecified atom stereocenters. The van der Waals surface area contributed by atoms with Crippen molar-refractivity contribution in [2.24, 2.45) is 11.8 Å².